The van der Waals surface area contributed by atoms with E-state index in [1.54, 1.807) is 12.2 Å². The maximum Gasteiger partial charge on any atom is 0.326 e. The number of carboxylic acid groups (broad SMARTS) is 1. The van der Waals surface area contributed by atoms with Gasteiger partial charge < -0.3 is 10.4 Å². The lowest BCUT2D eigenvalue weighted by molar-refractivity contribution is -0.141. The van der Waals surface area contributed by atoms with E-state index in [0.717, 1.165) is 17.7 Å². The van der Waals surface area contributed by atoms with Crippen LogP contribution in [0.15, 0.2) is 54.6 Å². The largest absolute Gasteiger partial charge is 0.480 e. The van der Waals surface area contributed by atoms with Crippen LogP contribution in [0.4, 0.5) is 8.78 Å². The fourth-order valence-corrected chi connectivity index (χ4v) is 2.23. The van der Waals surface area contributed by atoms with Crippen LogP contribution in [0.3, 0.4) is 0 Å². The van der Waals surface area contributed by atoms with Crippen LogP contribution in [0.25, 0.3) is 6.08 Å². The number of carboxylic acids is 1. The molecule has 4 nitrogen and oxygen atoms in total. The van der Waals surface area contributed by atoms with Crippen molar-refractivity contribution < 1.29 is 23.5 Å². The van der Waals surface area contributed by atoms with Crippen molar-refractivity contribution in [2.75, 3.05) is 0 Å². The number of carbonyl (C=O) groups is 2. The lowest BCUT2D eigenvalue weighted by atomic mass is 10.1. The zero-order valence-corrected chi connectivity index (χ0v) is 13.3. The van der Waals surface area contributed by atoms with Gasteiger partial charge in [0, 0.05) is 5.56 Å². The first kappa shape index (κ1) is 18.3. The van der Waals surface area contributed by atoms with Crippen molar-refractivity contribution in [3.8, 4) is 0 Å². The molecular formula is C19H17F2NO3. The molecule has 0 bridgehead atoms. The molecule has 0 saturated heterocycles. The van der Waals surface area contributed by atoms with Gasteiger partial charge in [0.15, 0.2) is 0 Å². The van der Waals surface area contributed by atoms with Gasteiger partial charge in [-0.2, -0.15) is 0 Å². The molecule has 2 N–H and O–H groups in total. The van der Waals surface area contributed by atoms with Crippen LogP contribution in [-0.2, 0) is 16.0 Å². The quantitative estimate of drug-likeness (QED) is 0.810. The Morgan fingerprint density at radius 1 is 1.04 bits per heavy atom. The molecule has 0 saturated carbocycles. The number of hydrogen-bond acceptors (Lipinski definition) is 2. The van der Waals surface area contributed by atoms with Crippen molar-refractivity contribution in [1.29, 1.82) is 0 Å². The van der Waals surface area contributed by atoms with E-state index in [1.165, 1.54) is 6.07 Å². The van der Waals surface area contributed by atoms with E-state index in [9.17, 15) is 23.5 Å². The van der Waals surface area contributed by atoms with Gasteiger partial charge >= 0.3 is 5.97 Å². The summed E-state index contributed by atoms with van der Waals surface area (Å²) in [4.78, 5) is 23.2. The molecule has 0 aromatic heterocycles. The third-order valence-corrected chi connectivity index (χ3v) is 3.51. The molecule has 0 radical (unpaired) electrons. The van der Waals surface area contributed by atoms with Crippen LogP contribution < -0.4 is 5.32 Å². The Morgan fingerprint density at radius 3 is 2.28 bits per heavy atom. The van der Waals surface area contributed by atoms with Gasteiger partial charge in [-0.1, -0.05) is 48.6 Å². The molecule has 2 rings (SSSR count). The Kier molecular flexibility index (Phi) is 6.39. The van der Waals surface area contributed by atoms with Crippen molar-refractivity contribution >= 4 is 18.0 Å². The Hall–Kier alpha value is -3.02. The summed E-state index contributed by atoms with van der Waals surface area (Å²) in [6.45, 7) is 0. The molecule has 1 atom stereocenters. The maximum atomic E-state index is 13.5. The third-order valence-electron chi connectivity index (χ3n) is 3.51. The van der Waals surface area contributed by atoms with E-state index in [-0.39, 0.29) is 12.0 Å². The van der Waals surface area contributed by atoms with Crippen molar-refractivity contribution in [2.45, 2.75) is 18.9 Å². The van der Waals surface area contributed by atoms with Crippen molar-refractivity contribution in [3.05, 3.63) is 77.4 Å². The molecule has 6 heteroatoms. The van der Waals surface area contributed by atoms with Gasteiger partial charge in [0.25, 0.3) is 0 Å². The molecule has 2 aromatic carbocycles. The summed E-state index contributed by atoms with van der Waals surface area (Å²) in [5.41, 5.74) is 0.510. The van der Waals surface area contributed by atoms with E-state index < -0.39 is 36.0 Å². The molecule has 1 amide bonds. The van der Waals surface area contributed by atoms with E-state index in [4.69, 9.17) is 0 Å². The second-order valence-corrected chi connectivity index (χ2v) is 5.38. The topological polar surface area (TPSA) is 66.4 Å². The van der Waals surface area contributed by atoms with E-state index in [1.807, 2.05) is 30.3 Å². The molecule has 130 valence electrons. The second-order valence-electron chi connectivity index (χ2n) is 5.38. The minimum atomic E-state index is -1.22. The van der Waals surface area contributed by atoms with Crippen LogP contribution in [0.1, 0.15) is 17.5 Å². The summed E-state index contributed by atoms with van der Waals surface area (Å²) in [5, 5.41) is 11.5. The first-order chi connectivity index (χ1) is 12.0. The number of nitrogens with one attached hydrogen (secondary N) is 1. The summed E-state index contributed by atoms with van der Waals surface area (Å²) >= 11 is 0. The zero-order chi connectivity index (χ0) is 18.2. The van der Waals surface area contributed by atoms with Gasteiger partial charge in [-0.15, -0.1) is 0 Å². The highest BCUT2D eigenvalue weighted by atomic mass is 19.1. The molecular weight excluding hydrogens is 328 g/mol. The summed E-state index contributed by atoms with van der Waals surface area (Å²) in [5.74, 6) is -3.67. The Bertz CT molecular complexity index is 755. The van der Waals surface area contributed by atoms with Gasteiger partial charge in [-0.3, -0.25) is 4.79 Å². The van der Waals surface area contributed by atoms with Crippen LogP contribution in [-0.4, -0.2) is 23.0 Å². The predicted molar refractivity (Wildman–Crippen MR) is 89.7 cm³/mol. The zero-order valence-electron chi connectivity index (χ0n) is 13.3. The van der Waals surface area contributed by atoms with E-state index in [0.29, 0.717) is 0 Å². The lowest BCUT2D eigenvalue weighted by Gasteiger charge is -2.13. The van der Waals surface area contributed by atoms with Gasteiger partial charge in [0.2, 0.25) is 5.91 Å². The molecule has 0 spiro atoms. The van der Waals surface area contributed by atoms with Crippen LogP contribution in [0.5, 0.6) is 0 Å². The molecule has 0 aliphatic heterocycles. The highest BCUT2D eigenvalue weighted by Gasteiger charge is 2.20. The molecule has 2 aromatic rings. The molecule has 0 aliphatic rings. The van der Waals surface area contributed by atoms with Crippen molar-refractivity contribution in [1.82, 2.24) is 5.32 Å². The molecule has 25 heavy (non-hydrogen) atoms. The van der Waals surface area contributed by atoms with Crippen LogP contribution in [0.2, 0.25) is 0 Å². The van der Waals surface area contributed by atoms with Crippen molar-refractivity contribution in [2.24, 2.45) is 0 Å². The normalized spacial score (nSPS) is 12.1. The molecule has 0 unspecified atom stereocenters. The van der Waals surface area contributed by atoms with Gasteiger partial charge in [-0.25, -0.2) is 13.6 Å². The first-order valence-corrected chi connectivity index (χ1v) is 7.64. The first-order valence-electron chi connectivity index (χ1n) is 7.64. The van der Waals surface area contributed by atoms with Gasteiger partial charge in [0.1, 0.15) is 17.7 Å². The highest BCUT2D eigenvalue weighted by Crippen LogP contribution is 2.13. The predicted octanol–water partition coefficient (Wildman–Crippen LogP) is 3.18. The monoisotopic (exact) mass is 345 g/mol. The van der Waals surface area contributed by atoms with Crippen LogP contribution >= 0.6 is 0 Å². The fourth-order valence-electron chi connectivity index (χ4n) is 2.23. The number of halogens is 2. The Labute approximate surface area is 143 Å². The smallest absolute Gasteiger partial charge is 0.326 e. The van der Waals surface area contributed by atoms with E-state index >= 15 is 0 Å². The maximum absolute atomic E-state index is 13.5. The standard InChI is InChI=1S/C19H17F2NO3/c20-15-9-5-10-16(21)14(15)12-18(23)22-17(19(24)25)11-4-8-13-6-2-1-3-7-13/h1-10,17H,11-12H2,(H,22,23)(H,24,25)/b8-4+/t17-/m0/s1. The minimum absolute atomic E-state index is 0.0513. The number of aliphatic carboxylic acids is 1. The van der Waals surface area contributed by atoms with Crippen molar-refractivity contribution in [3.63, 3.8) is 0 Å². The summed E-state index contributed by atoms with van der Waals surface area (Å²) in [6, 6.07) is 11.4. The highest BCUT2D eigenvalue weighted by molar-refractivity contribution is 5.85. The number of rotatable bonds is 7. The number of amides is 1. The third kappa shape index (κ3) is 5.53. The summed E-state index contributed by atoms with van der Waals surface area (Å²) < 4.78 is 27.1. The van der Waals surface area contributed by atoms with Gasteiger partial charge in [0.05, 0.1) is 6.42 Å². The average Bonchev–Trinajstić information content (AvgIpc) is 2.58. The lowest BCUT2D eigenvalue weighted by Crippen LogP contribution is -2.41. The molecule has 0 aliphatic carbocycles. The SMILES string of the molecule is O=C(Cc1c(F)cccc1F)N[C@@H](C/C=C/c1ccccc1)C(=O)O. The Balaban J connectivity index is 1.98. The number of hydrogen-bond donors (Lipinski definition) is 2. The van der Waals surface area contributed by atoms with Crippen LogP contribution in [0, 0.1) is 11.6 Å². The molecule has 0 fully saturated rings. The van der Waals surface area contributed by atoms with Gasteiger partial charge in [-0.05, 0) is 24.1 Å². The summed E-state index contributed by atoms with van der Waals surface area (Å²) in [7, 11) is 0. The second kappa shape index (κ2) is 8.73. The Morgan fingerprint density at radius 2 is 1.68 bits per heavy atom. The molecule has 0 heterocycles. The summed E-state index contributed by atoms with van der Waals surface area (Å²) in [6.07, 6.45) is 2.84. The minimum Gasteiger partial charge on any atom is -0.480 e. The number of carbonyl (C=O) groups excluding carboxylic acids is 1. The average molecular weight is 345 g/mol. The van der Waals surface area contributed by atoms with E-state index in [2.05, 4.69) is 5.32 Å². The fraction of sp³-hybridized carbons (Fsp3) is 0.158. The number of benzene rings is 2.